The van der Waals surface area contributed by atoms with Gasteiger partial charge >= 0.3 is 6.03 Å². The largest absolute Gasteiger partial charge is 0.494 e. The van der Waals surface area contributed by atoms with Crippen LogP contribution >= 0.6 is 11.3 Å². The minimum atomic E-state index is -0.794. The number of anilines is 2. The van der Waals surface area contributed by atoms with E-state index in [2.05, 4.69) is 15.2 Å². The Morgan fingerprint density at radius 3 is 2.59 bits per heavy atom. The molecule has 2 aromatic carbocycles. The van der Waals surface area contributed by atoms with Crippen LogP contribution in [-0.2, 0) is 0 Å². The minimum absolute atomic E-state index is 0.420. The molecular formula is C20H20F2N4O2S. The van der Waals surface area contributed by atoms with Crippen LogP contribution in [-0.4, -0.2) is 48.7 Å². The van der Waals surface area contributed by atoms with Crippen molar-refractivity contribution in [1.29, 1.82) is 0 Å². The molecule has 0 saturated carbocycles. The van der Waals surface area contributed by atoms with E-state index in [1.807, 2.05) is 25.1 Å². The molecule has 1 aliphatic heterocycles. The van der Waals surface area contributed by atoms with Crippen molar-refractivity contribution in [1.82, 2.24) is 9.88 Å². The van der Waals surface area contributed by atoms with E-state index in [-0.39, 0.29) is 0 Å². The van der Waals surface area contributed by atoms with Crippen molar-refractivity contribution in [2.75, 3.05) is 43.0 Å². The van der Waals surface area contributed by atoms with Crippen molar-refractivity contribution < 1.29 is 18.3 Å². The number of nitrogens with zero attached hydrogens (tertiary/aromatic N) is 3. The molecule has 152 valence electrons. The van der Waals surface area contributed by atoms with Crippen LogP contribution in [0.2, 0.25) is 0 Å². The number of benzene rings is 2. The molecule has 1 aliphatic rings. The van der Waals surface area contributed by atoms with E-state index in [9.17, 15) is 13.6 Å². The Kier molecular flexibility index (Phi) is 5.48. The third-order valence-electron chi connectivity index (χ3n) is 4.69. The molecule has 4 rings (SSSR count). The van der Waals surface area contributed by atoms with Crippen molar-refractivity contribution in [3.63, 3.8) is 0 Å². The van der Waals surface area contributed by atoms with Gasteiger partial charge in [-0.3, -0.25) is 0 Å². The molecule has 3 aromatic rings. The second-order valence-electron chi connectivity index (χ2n) is 6.56. The number of carbonyl (C=O) groups excluding carboxylic acids is 1. The Morgan fingerprint density at radius 2 is 1.90 bits per heavy atom. The summed E-state index contributed by atoms with van der Waals surface area (Å²) in [7, 11) is 0. The van der Waals surface area contributed by atoms with Crippen LogP contribution in [0.15, 0.2) is 36.4 Å². The maximum Gasteiger partial charge on any atom is 0.322 e. The van der Waals surface area contributed by atoms with E-state index in [1.54, 1.807) is 16.2 Å². The van der Waals surface area contributed by atoms with E-state index < -0.39 is 23.4 Å². The fourth-order valence-corrected chi connectivity index (χ4v) is 4.23. The Bertz CT molecular complexity index is 1010. The van der Waals surface area contributed by atoms with Crippen molar-refractivity contribution in [3.05, 3.63) is 48.0 Å². The van der Waals surface area contributed by atoms with Gasteiger partial charge in [-0.05, 0) is 37.3 Å². The Morgan fingerprint density at radius 1 is 1.17 bits per heavy atom. The first-order valence-corrected chi connectivity index (χ1v) is 10.1. The molecule has 0 bridgehead atoms. The number of urea groups is 1. The Hall–Kier alpha value is -2.94. The van der Waals surface area contributed by atoms with Crippen molar-refractivity contribution in [2.45, 2.75) is 6.92 Å². The van der Waals surface area contributed by atoms with Crippen LogP contribution in [0.4, 0.5) is 24.4 Å². The number of hydrogen-bond donors (Lipinski definition) is 1. The van der Waals surface area contributed by atoms with Crippen LogP contribution in [0.1, 0.15) is 6.92 Å². The summed E-state index contributed by atoms with van der Waals surface area (Å²) >= 11 is 1.58. The normalized spacial score (nSPS) is 14.3. The minimum Gasteiger partial charge on any atom is -0.494 e. The number of fused-ring (bicyclic) bond motifs is 1. The lowest BCUT2D eigenvalue weighted by Gasteiger charge is -2.34. The molecule has 2 amide bonds. The molecule has 1 saturated heterocycles. The predicted molar refractivity (Wildman–Crippen MR) is 110 cm³/mol. The highest BCUT2D eigenvalue weighted by atomic mass is 32.1. The van der Waals surface area contributed by atoms with Crippen molar-refractivity contribution >= 4 is 38.4 Å². The fraction of sp³-hybridized carbons (Fsp3) is 0.300. The van der Waals surface area contributed by atoms with Gasteiger partial charge in [-0.1, -0.05) is 17.4 Å². The highest BCUT2D eigenvalue weighted by molar-refractivity contribution is 7.22. The van der Waals surface area contributed by atoms with Gasteiger partial charge in [0.1, 0.15) is 23.1 Å². The average Bonchev–Trinajstić information content (AvgIpc) is 3.14. The van der Waals surface area contributed by atoms with Gasteiger partial charge in [0, 0.05) is 26.2 Å². The Balaban J connectivity index is 1.40. The molecule has 6 nitrogen and oxygen atoms in total. The van der Waals surface area contributed by atoms with Crippen LogP contribution in [0.25, 0.3) is 10.2 Å². The number of carbonyl (C=O) groups is 1. The smallest absolute Gasteiger partial charge is 0.322 e. The third kappa shape index (κ3) is 4.09. The third-order valence-corrected chi connectivity index (χ3v) is 5.77. The summed E-state index contributed by atoms with van der Waals surface area (Å²) in [5.74, 6) is -0.771. The summed E-state index contributed by atoms with van der Waals surface area (Å²) < 4.78 is 34.1. The topological polar surface area (TPSA) is 57.7 Å². The highest BCUT2D eigenvalue weighted by Crippen LogP contribution is 2.32. The second kappa shape index (κ2) is 8.20. The van der Waals surface area contributed by atoms with E-state index in [4.69, 9.17) is 4.74 Å². The Labute approximate surface area is 170 Å². The molecule has 1 N–H and O–H groups in total. The zero-order valence-electron chi connectivity index (χ0n) is 15.8. The number of hydrogen-bond acceptors (Lipinski definition) is 5. The number of piperazine rings is 1. The molecule has 0 unspecified atom stereocenters. The summed E-state index contributed by atoms with van der Waals surface area (Å²) in [6.07, 6.45) is 0. The summed E-state index contributed by atoms with van der Waals surface area (Å²) in [6, 6.07) is 8.79. The van der Waals surface area contributed by atoms with E-state index in [1.165, 1.54) is 6.07 Å². The first kappa shape index (κ1) is 19.4. The van der Waals surface area contributed by atoms with Gasteiger partial charge in [0.2, 0.25) is 0 Å². The molecule has 0 spiro atoms. The van der Waals surface area contributed by atoms with Gasteiger partial charge in [-0.15, -0.1) is 0 Å². The average molecular weight is 418 g/mol. The van der Waals surface area contributed by atoms with Gasteiger partial charge < -0.3 is 19.9 Å². The maximum atomic E-state index is 13.7. The molecule has 1 aromatic heterocycles. The van der Waals surface area contributed by atoms with E-state index >= 15 is 0 Å². The monoisotopic (exact) mass is 418 g/mol. The zero-order chi connectivity index (χ0) is 20.4. The first-order chi connectivity index (χ1) is 14.0. The quantitative estimate of drug-likeness (QED) is 0.685. The standard InChI is InChI=1S/C20H20F2N4O2S/c1-2-28-13-6-7-16-17(12-13)29-20(23-16)26-10-8-25(9-11-26)19(27)24-18-14(21)4-3-5-15(18)22/h3-7,12H,2,8-11H2,1H3,(H,24,27). The summed E-state index contributed by atoms with van der Waals surface area (Å²) in [4.78, 5) is 20.7. The summed E-state index contributed by atoms with van der Waals surface area (Å²) in [6.45, 7) is 4.59. The number of aromatic nitrogens is 1. The second-order valence-corrected chi connectivity index (χ2v) is 7.57. The molecule has 29 heavy (non-hydrogen) atoms. The molecule has 0 atom stereocenters. The SMILES string of the molecule is CCOc1ccc2nc(N3CCN(C(=O)Nc4c(F)cccc4F)CC3)sc2c1. The van der Waals surface area contributed by atoms with Crippen molar-refractivity contribution in [2.24, 2.45) is 0 Å². The van der Waals surface area contributed by atoms with Gasteiger partial charge in [-0.25, -0.2) is 18.6 Å². The number of thiazole rings is 1. The zero-order valence-corrected chi connectivity index (χ0v) is 16.6. The van der Waals surface area contributed by atoms with Gasteiger partial charge in [0.25, 0.3) is 0 Å². The predicted octanol–water partition coefficient (Wildman–Crippen LogP) is 4.33. The number of amides is 2. The number of rotatable bonds is 4. The van der Waals surface area contributed by atoms with Crippen molar-refractivity contribution in [3.8, 4) is 5.75 Å². The molecule has 2 heterocycles. The summed E-state index contributed by atoms with van der Waals surface area (Å²) in [5.41, 5.74) is 0.486. The molecule has 1 fully saturated rings. The number of halogens is 2. The van der Waals surface area contributed by atoms with Crippen LogP contribution < -0.4 is 15.0 Å². The molecule has 0 radical (unpaired) electrons. The van der Waals surface area contributed by atoms with Crippen LogP contribution in [0.5, 0.6) is 5.75 Å². The lowest BCUT2D eigenvalue weighted by Crippen LogP contribution is -2.50. The number of para-hydroxylation sites is 1. The highest BCUT2D eigenvalue weighted by Gasteiger charge is 2.24. The first-order valence-electron chi connectivity index (χ1n) is 9.33. The molecule has 0 aliphatic carbocycles. The lowest BCUT2D eigenvalue weighted by atomic mass is 10.3. The van der Waals surface area contributed by atoms with Gasteiger partial charge in [-0.2, -0.15) is 0 Å². The van der Waals surface area contributed by atoms with E-state index in [0.29, 0.717) is 32.8 Å². The van der Waals surface area contributed by atoms with Crippen LogP contribution in [0, 0.1) is 11.6 Å². The van der Waals surface area contributed by atoms with Crippen LogP contribution in [0.3, 0.4) is 0 Å². The number of ether oxygens (including phenoxy) is 1. The number of nitrogens with one attached hydrogen (secondary N) is 1. The van der Waals surface area contributed by atoms with E-state index in [0.717, 1.165) is 33.2 Å². The molecule has 9 heteroatoms. The van der Waals surface area contributed by atoms with Gasteiger partial charge in [0.05, 0.1) is 16.8 Å². The maximum absolute atomic E-state index is 13.7. The van der Waals surface area contributed by atoms with Gasteiger partial charge in [0.15, 0.2) is 5.13 Å². The lowest BCUT2D eigenvalue weighted by molar-refractivity contribution is 0.208. The molecular weight excluding hydrogens is 398 g/mol. The summed E-state index contributed by atoms with van der Waals surface area (Å²) in [5, 5.41) is 3.22. The fourth-order valence-electron chi connectivity index (χ4n) is 3.19.